The molecule has 1 aromatic rings. The number of nitrogens with one attached hydrogen (secondary N) is 1. The number of likely N-dealkylation sites (N-methyl/N-ethyl adjacent to an activating group) is 1. The molecular formula is C17H26N2O4S. The van der Waals surface area contributed by atoms with E-state index in [2.05, 4.69) is 5.32 Å². The third-order valence-electron chi connectivity index (χ3n) is 4.28. The van der Waals surface area contributed by atoms with Gasteiger partial charge in [-0.05, 0) is 50.1 Å². The summed E-state index contributed by atoms with van der Waals surface area (Å²) >= 11 is 0. The van der Waals surface area contributed by atoms with Crippen LogP contribution in [0.1, 0.15) is 25.7 Å². The minimum absolute atomic E-state index is 0.182. The van der Waals surface area contributed by atoms with Crippen LogP contribution in [0.5, 0.6) is 5.75 Å². The van der Waals surface area contributed by atoms with E-state index in [1.54, 1.807) is 24.3 Å². The van der Waals surface area contributed by atoms with Crippen LogP contribution < -0.4 is 10.1 Å². The van der Waals surface area contributed by atoms with Crippen molar-refractivity contribution in [2.75, 3.05) is 33.0 Å². The van der Waals surface area contributed by atoms with E-state index >= 15 is 0 Å². The summed E-state index contributed by atoms with van der Waals surface area (Å²) in [6.45, 7) is 2.38. The van der Waals surface area contributed by atoms with Crippen molar-refractivity contribution in [2.24, 2.45) is 0 Å². The lowest BCUT2D eigenvalue weighted by atomic mass is 10.2. The Labute approximate surface area is 144 Å². The van der Waals surface area contributed by atoms with Crippen LogP contribution >= 0.6 is 0 Å². The monoisotopic (exact) mass is 354 g/mol. The van der Waals surface area contributed by atoms with E-state index in [4.69, 9.17) is 4.74 Å². The standard InChI is InChI=1S/C17H26N2O4S/c1-19(14-10-11-18-13-14)17(20)5-3-4-12-23-15-6-8-16(9-7-15)24(2,21)22/h6-9,14,18H,3-5,10-13H2,1-2H3. The third-order valence-corrected chi connectivity index (χ3v) is 5.41. The smallest absolute Gasteiger partial charge is 0.222 e. The number of hydrogen-bond donors (Lipinski definition) is 1. The van der Waals surface area contributed by atoms with Crippen molar-refractivity contribution in [3.8, 4) is 5.75 Å². The molecule has 0 saturated carbocycles. The number of hydrogen-bond acceptors (Lipinski definition) is 5. The van der Waals surface area contributed by atoms with Gasteiger partial charge in [-0.3, -0.25) is 4.79 Å². The highest BCUT2D eigenvalue weighted by Gasteiger charge is 2.22. The Morgan fingerprint density at radius 1 is 1.29 bits per heavy atom. The SMILES string of the molecule is CN(C(=O)CCCCOc1ccc(S(C)(=O)=O)cc1)C1CCNC1. The van der Waals surface area contributed by atoms with Crippen LogP contribution in [-0.2, 0) is 14.6 Å². The lowest BCUT2D eigenvalue weighted by Crippen LogP contribution is -2.38. The molecule has 2 rings (SSSR count). The highest BCUT2D eigenvalue weighted by molar-refractivity contribution is 7.90. The number of unbranched alkanes of at least 4 members (excludes halogenated alkanes) is 1. The molecule has 1 aliphatic rings. The average Bonchev–Trinajstić information content (AvgIpc) is 3.07. The number of ether oxygens (including phenoxy) is 1. The van der Waals surface area contributed by atoms with Gasteiger partial charge in [-0.25, -0.2) is 8.42 Å². The van der Waals surface area contributed by atoms with Gasteiger partial charge in [0.25, 0.3) is 0 Å². The lowest BCUT2D eigenvalue weighted by molar-refractivity contribution is -0.131. The van der Waals surface area contributed by atoms with Crippen LogP contribution in [0.3, 0.4) is 0 Å². The Morgan fingerprint density at radius 2 is 2.00 bits per heavy atom. The normalized spacial score (nSPS) is 17.7. The maximum atomic E-state index is 12.1. The number of carbonyl (C=O) groups excluding carboxylic acids is 1. The third kappa shape index (κ3) is 5.49. The number of amides is 1. The Morgan fingerprint density at radius 3 is 2.58 bits per heavy atom. The summed E-state index contributed by atoms with van der Waals surface area (Å²) in [4.78, 5) is 14.2. The average molecular weight is 354 g/mol. The molecule has 0 bridgehead atoms. The van der Waals surface area contributed by atoms with Crippen LogP contribution in [0.2, 0.25) is 0 Å². The van der Waals surface area contributed by atoms with Crippen molar-refractivity contribution >= 4 is 15.7 Å². The molecular weight excluding hydrogens is 328 g/mol. The lowest BCUT2D eigenvalue weighted by Gasteiger charge is -2.23. The van der Waals surface area contributed by atoms with E-state index in [1.807, 2.05) is 11.9 Å². The van der Waals surface area contributed by atoms with Gasteiger partial charge in [0.15, 0.2) is 9.84 Å². The van der Waals surface area contributed by atoms with Gasteiger partial charge < -0.3 is 15.0 Å². The number of sulfone groups is 1. The van der Waals surface area contributed by atoms with E-state index in [-0.39, 0.29) is 10.8 Å². The molecule has 1 heterocycles. The van der Waals surface area contributed by atoms with Gasteiger partial charge in [0.05, 0.1) is 11.5 Å². The molecule has 1 N–H and O–H groups in total. The van der Waals surface area contributed by atoms with Crippen molar-refractivity contribution in [1.29, 1.82) is 0 Å². The number of rotatable bonds is 8. The number of carbonyl (C=O) groups is 1. The molecule has 1 aliphatic heterocycles. The topological polar surface area (TPSA) is 75.7 Å². The Bertz CT molecular complexity index is 637. The van der Waals surface area contributed by atoms with Crippen LogP contribution in [0.4, 0.5) is 0 Å². The number of benzene rings is 1. The molecule has 134 valence electrons. The summed E-state index contributed by atoms with van der Waals surface area (Å²) in [6, 6.07) is 6.71. The van der Waals surface area contributed by atoms with Crippen LogP contribution in [0, 0.1) is 0 Å². The summed E-state index contributed by atoms with van der Waals surface area (Å²) in [7, 11) is -1.30. The minimum Gasteiger partial charge on any atom is -0.494 e. The second kappa shape index (κ2) is 8.48. The maximum Gasteiger partial charge on any atom is 0.222 e. The van der Waals surface area contributed by atoms with Crippen LogP contribution in [0.25, 0.3) is 0 Å². The Hall–Kier alpha value is -1.60. The highest BCUT2D eigenvalue weighted by atomic mass is 32.2. The predicted molar refractivity (Wildman–Crippen MR) is 92.9 cm³/mol. The van der Waals surface area contributed by atoms with Crippen molar-refractivity contribution in [1.82, 2.24) is 10.2 Å². The first-order chi connectivity index (χ1) is 11.4. The van der Waals surface area contributed by atoms with Crippen molar-refractivity contribution in [3.63, 3.8) is 0 Å². The highest BCUT2D eigenvalue weighted by Crippen LogP contribution is 2.16. The quantitative estimate of drug-likeness (QED) is 0.715. The molecule has 0 radical (unpaired) electrons. The first-order valence-corrected chi connectivity index (χ1v) is 10.2. The van der Waals surface area contributed by atoms with E-state index in [1.165, 1.54) is 6.26 Å². The summed E-state index contributed by atoms with van der Waals surface area (Å²) < 4.78 is 28.3. The fourth-order valence-corrected chi connectivity index (χ4v) is 3.33. The molecule has 6 nitrogen and oxygen atoms in total. The van der Waals surface area contributed by atoms with Gasteiger partial charge in [0.1, 0.15) is 5.75 Å². The second-order valence-electron chi connectivity index (χ2n) is 6.20. The summed E-state index contributed by atoms with van der Waals surface area (Å²) in [5, 5.41) is 3.26. The summed E-state index contributed by atoms with van der Waals surface area (Å²) in [5.41, 5.74) is 0. The van der Waals surface area contributed by atoms with Gasteiger partial charge in [-0.2, -0.15) is 0 Å². The fourth-order valence-electron chi connectivity index (χ4n) is 2.70. The second-order valence-corrected chi connectivity index (χ2v) is 8.22. The van der Waals surface area contributed by atoms with E-state index < -0.39 is 9.84 Å². The fraction of sp³-hybridized carbons (Fsp3) is 0.588. The van der Waals surface area contributed by atoms with Gasteiger partial charge in [0, 0.05) is 32.3 Å². The molecule has 0 aromatic heterocycles. The van der Waals surface area contributed by atoms with Crippen molar-refractivity contribution < 1.29 is 17.9 Å². The summed E-state index contributed by atoms with van der Waals surface area (Å²) in [5.74, 6) is 0.823. The molecule has 1 fully saturated rings. The van der Waals surface area contributed by atoms with E-state index in [0.29, 0.717) is 24.8 Å². The summed E-state index contributed by atoms with van der Waals surface area (Å²) in [6.07, 6.45) is 4.30. The molecule has 1 amide bonds. The van der Waals surface area contributed by atoms with Gasteiger partial charge in [-0.15, -0.1) is 0 Å². The van der Waals surface area contributed by atoms with E-state index in [0.717, 1.165) is 32.4 Å². The van der Waals surface area contributed by atoms with E-state index in [9.17, 15) is 13.2 Å². The molecule has 0 spiro atoms. The zero-order chi connectivity index (χ0) is 17.6. The Balaban J connectivity index is 1.65. The zero-order valence-electron chi connectivity index (χ0n) is 14.3. The molecule has 1 saturated heterocycles. The first-order valence-electron chi connectivity index (χ1n) is 8.27. The molecule has 24 heavy (non-hydrogen) atoms. The molecule has 1 aromatic carbocycles. The first kappa shape index (κ1) is 18.7. The van der Waals surface area contributed by atoms with Gasteiger partial charge in [-0.1, -0.05) is 0 Å². The molecule has 1 atom stereocenters. The number of nitrogens with zero attached hydrogens (tertiary/aromatic N) is 1. The van der Waals surface area contributed by atoms with Crippen molar-refractivity contribution in [3.05, 3.63) is 24.3 Å². The Kier molecular flexibility index (Phi) is 6.62. The van der Waals surface area contributed by atoms with Crippen LogP contribution in [-0.4, -0.2) is 58.3 Å². The molecule has 0 aliphatic carbocycles. The van der Waals surface area contributed by atoms with Gasteiger partial charge >= 0.3 is 0 Å². The largest absolute Gasteiger partial charge is 0.494 e. The van der Waals surface area contributed by atoms with Crippen molar-refractivity contribution in [2.45, 2.75) is 36.6 Å². The molecule has 1 unspecified atom stereocenters. The molecule has 7 heteroatoms. The minimum atomic E-state index is -3.18. The zero-order valence-corrected chi connectivity index (χ0v) is 15.1. The van der Waals surface area contributed by atoms with Crippen LogP contribution in [0.15, 0.2) is 29.2 Å². The maximum absolute atomic E-state index is 12.1. The predicted octanol–water partition coefficient (Wildman–Crippen LogP) is 1.46. The van der Waals surface area contributed by atoms with Gasteiger partial charge in [0.2, 0.25) is 5.91 Å².